The fraction of sp³-hybridized carbons (Fsp3) is 0.0357. The zero-order valence-electron chi connectivity index (χ0n) is 19.4. The van der Waals surface area contributed by atoms with Crippen molar-refractivity contribution in [3.05, 3.63) is 97.5 Å². The molecule has 0 saturated heterocycles. The molecule has 0 spiro atoms. The van der Waals surface area contributed by atoms with Crippen LogP contribution in [-0.2, 0) is 6.61 Å². The van der Waals surface area contributed by atoms with Gasteiger partial charge in [0.15, 0.2) is 17.1 Å². The van der Waals surface area contributed by atoms with Crippen molar-refractivity contribution >= 4 is 22.2 Å². The normalized spacial score (nSPS) is 11.4. The highest BCUT2D eigenvalue weighted by atomic mass is 16.5. The minimum atomic E-state index is 0.468. The number of fused-ring (bicyclic) bond motifs is 2. The number of nitrogens with zero attached hydrogens (tertiary/aromatic N) is 5. The monoisotopic (exact) mass is 485 g/mol. The summed E-state index contributed by atoms with van der Waals surface area (Å²) in [6, 6.07) is 17.8. The smallest absolute Gasteiger partial charge is 0.181 e. The van der Waals surface area contributed by atoms with E-state index in [1.165, 1.54) is 0 Å². The summed E-state index contributed by atoms with van der Waals surface area (Å²) in [7, 11) is 0. The van der Waals surface area contributed by atoms with Crippen LogP contribution in [0.25, 0.3) is 56.0 Å². The Morgan fingerprint density at radius 3 is 2.68 bits per heavy atom. The van der Waals surface area contributed by atoms with Gasteiger partial charge in [-0.1, -0.05) is 30.3 Å². The summed E-state index contributed by atoms with van der Waals surface area (Å²) in [5, 5.41) is 8.29. The quantitative estimate of drug-likeness (QED) is 0.306. The molecule has 6 aromatic heterocycles. The van der Waals surface area contributed by atoms with Gasteiger partial charge in [0.25, 0.3) is 0 Å². The van der Waals surface area contributed by atoms with Crippen LogP contribution in [0, 0.1) is 0 Å². The Kier molecular flexibility index (Phi) is 4.95. The van der Waals surface area contributed by atoms with Gasteiger partial charge in [0.2, 0.25) is 0 Å². The third kappa shape index (κ3) is 3.88. The van der Waals surface area contributed by atoms with Gasteiger partial charge in [-0.3, -0.25) is 10.1 Å². The number of H-pyrrole nitrogens is 2. The van der Waals surface area contributed by atoms with Crippen LogP contribution in [0.2, 0.25) is 0 Å². The average molecular weight is 486 g/mol. The van der Waals surface area contributed by atoms with Gasteiger partial charge in [-0.15, -0.1) is 0 Å². The molecule has 178 valence electrons. The number of aromatic nitrogens is 7. The van der Waals surface area contributed by atoms with Gasteiger partial charge >= 0.3 is 0 Å². The second-order valence-electron chi connectivity index (χ2n) is 8.53. The predicted octanol–water partition coefficient (Wildman–Crippen LogP) is 5.80. The zero-order valence-corrected chi connectivity index (χ0v) is 19.4. The van der Waals surface area contributed by atoms with E-state index in [0.29, 0.717) is 29.5 Å². The van der Waals surface area contributed by atoms with Gasteiger partial charge in [-0.05, 0) is 29.8 Å². The van der Waals surface area contributed by atoms with Crippen molar-refractivity contribution in [2.45, 2.75) is 6.61 Å². The first-order valence-electron chi connectivity index (χ1n) is 11.7. The van der Waals surface area contributed by atoms with E-state index >= 15 is 0 Å². The van der Waals surface area contributed by atoms with Crippen molar-refractivity contribution in [3.8, 4) is 39.5 Å². The molecule has 0 radical (unpaired) electrons. The van der Waals surface area contributed by atoms with Crippen LogP contribution in [0.5, 0.6) is 5.75 Å². The lowest BCUT2D eigenvalue weighted by atomic mass is 10.1. The van der Waals surface area contributed by atoms with Crippen molar-refractivity contribution in [3.63, 3.8) is 0 Å². The molecular formula is C28H19N7O2. The molecule has 0 aliphatic heterocycles. The average Bonchev–Trinajstić information content (AvgIpc) is 3.71. The van der Waals surface area contributed by atoms with Crippen LogP contribution in [-0.4, -0.2) is 35.1 Å². The molecule has 0 bridgehead atoms. The molecule has 0 saturated carbocycles. The molecule has 6 heterocycles. The molecule has 37 heavy (non-hydrogen) atoms. The van der Waals surface area contributed by atoms with E-state index in [0.717, 1.165) is 44.4 Å². The van der Waals surface area contributed by atoms with Gasteiger partial charge in [-0.2, -0.15) is 5.10 Å². The van der Waals surface area contributed by atoms with Crippen LogP contribution < -0.4 is 4.74 Å². The number of aromatic amines is 2. The maximum atomic E-state index is 5.97. The highest BCUT2D eigenvalue weighted by Crippen LogP contribution is 2.32. The first-order chi connectivity index (χ1) is 18.3. The number of nitrogens with one attached hydrogen (secondary N) is 2. The van der Waals surface area contributed by atoms with Crippen molar-refractivity contribution in [2.75, 3.05) is 0 Å². The minimum Gasteiger partial charge on any atom is -0.487 e. The van der Waals surface area contributed by atoms with Crippen LogP contribution in [0.3, 0.4) is 0 Å². The molecule has 2 N–H and O–H groups in total. The number of furan rings is 1. The predicted molar refractivity (Wildman–Crippen MR) is 138 cm³/mol. The van der Waals surface area contributed by atoms with E-state index < -0.39 is 0 Å². The maximum Gasteiger partial charge on any atom is 0.181 e. The number of rotatable bonds is 6. The number of pyridine rings is 3. The van der Waals surface area contributed by atoms with Crippen LogP contribution >= 0.6 is 0 Å². The SMILES string of the molecule is c1ccc(COc2cncc(-c3cnc4n[nH]c(-c5nc6nccc(-c7ccoc7)c6[nH]5)c4c3)c2)cc1. The summed E-state index contributed by atoms with van der Waals surface area (Å²) in [5.41, 5.74) is 7.52. The van der Waals surface area contributed by atoms with E-state index in [1.807, 2.05) is 54.6 Å². The molecule has 9 heteroatoms. The molecule has 0 aliphatic rings. The van der Waals surface area contributed by atoms with Crippen molar-refractivity contribution in [2.24, 2.45) is 0 Å². The summed E-state index contributed by atoms with van der Waals surface area (Å²) in [6.07, 6.45) is 10.4. The fourth-order valence-corrected chi connectivity index (χ4v) is 4.32. The third-order valence-electron chi connectivity index (χ3n) is 6.17. The van der Waals surface area contributed by atoms with Crippen molar-refractivity contribution in [1.82, 2.24) is 35.1 Å². The second-order valence-corrected chi connectivity index (χ2v) is 8.53. The number of ether oxygens (including phenoxy) is 1. The topological polar surface area (TPSA) is 118 Å². The van der Waals surface area contributed by atoms with Gasteiger partial charge in [0, 0.05) is 40.8 Å². The largest absolute Gasteiger partial charge is 0.487 e. The second kappa shape index (κ2) is 8.72. The Labute approximate surface area is 210 Å². The lowest BCUT2D eigenvalue weighted by Gasteiger charge is -2.08. The van der Waals surface area contributed by atoms with E-state index in [1.54, 1.807) is 37.3 Å². The van der Waals surface area contributed by atoms with E-state index in [-0.39, 0.29) is 0 Å². The van der Waals surface area contributed by atoms with Crippen LogP contribution in [0.1, 0.15) is 5.56 Å². The maximum absolute atomic E-state index is 5.97. The molecule has 7 aromatic rings. The first-order valence-corrected chi connectivity index (χ1v) is 11.7. The Bertz CT molecular complexity index is 1840. The van der Waals surface area contributed by atoms with Crippen molar-refractivity contribution in [1.29, 1.82) is 0 Å². The van der Waals surface area contributed by atoms with Gasteiger partial charge in [0.1, 0.15) is 18.1 Å². The highest BCUT2D eigenvalue weighted by Gasteiger charge is 2.17. The Hall–Kier alpha value is -5.31. The van der Waals surface area contributed by atoms with E-state index in [9.17, 15) is 0 Å². The number of benzene rings is 1. The number of hydrogen-bond donors (Lipinski definition) is 2. The van der Waals surface area contributed by atoms with Gasteiger partial charge in [0.05, 0.1) is 29.6 Å². The standard InChI is InChI=1S/C28H19N7O2/c1-2-4-17(5-3-1)15-37-21-10-19(12-29-14-21)20-11-23-25(34-35-26(23)31-13-20)28-32-24-22(18-7-9-36-16-18)6-8-30-27(24)33-28/h1-14,16H,15H2,(H,30,32,33)(H,31,34,35). The van der Waals surface area contributed by atoms with Crippen LogP contribution in [0.4, 0.5) is 0 Å². The summed E-state index contributed by atoms with van der Waals surface area (Å²) >= 11 is 0. The molecule has 0 amide bonds. The molecular weight excluding hydrogens is 466 g/mol. The fourth-order valence-electron chi connectivity index (χ4n) is 4.32. The Morgan fingerprint density at radius 1 is 0.865 bits per heavy atom. The molecule has 0 unspecified atom stereocenters. The van der Waals surface area contributed by atoms with Crippen molar-refractivity contribution < 1.29 is 9.15 Å². The highest BCUT2D eigenvalue weighted by molar-refractivity contribution is 5.96. The summed E-state index contributed by atoms with van der Waals surface area (Å²) in [5.74, 6) is 1.31. The minimum absolute atomic E-state index is 0.468. The first kappa shape index (κ1) is 21.0. The number of imidazole rings is 1. The van der Waals surface area contributed by atoms with Crippen LogP contribution in [0.15, 0.2) is 96.3 Å². The molecule has 9 nitrogen and oxygen atoms in total. The molecule has 1 aromatic carbocycles. The molecule has 0 aliphatic carbocycles. The Morgan fingerprint density at radius 2 is 1.78 bits per heavy atom. The van der Waals surface area contributed by atoms with E-state index in [4.69, 9.17) is 14.1 Å². The van der Waals surface area contributed by atoms with Gasteiger partial charge in [-0.25, -0.2) is 15.0 Å². The zero-order chi connectivity index (χ0) is 24.6. The third-order valence-corrected chi connectivity index (χ3v) is 6.17. The lowest BCUT2D eigenvalue weighted by Crippen LogP contribution is -1.96. The summed E-state index contributed by atoms with van der Waals surface area (Å²) in [4.78, 5) is 21.5. The van der Waals surface area contributed by atoms with E-state index in [2.05, 4.69) is 30.1 Å². The summed E-state index contributed by atoms with van der Waals surface area (Å²) in [6.45, 7) is 0.468. The lowest BCUT2D eigenvalue weighted by molar-refractivity contribution is 0.305. The Balaban J connectivity index is 1.24. The number of hydrogen-bond acceptors (Lipinski definition) is 7. The molecule has 0 fully saturated rings. The van der Waals surface area contributed by atoms with Gasteiger partial charge < -0.3 is 14.1 Å². The summed E-state index contributed by atoms with van der Waals surface area (Å²) < 4.78 is 11.2. The molecule has 7 rings (SSSR count). The molecule has 0 atom stereocenters.